The number of nitrogens with zero attached hydrogens (tertiary/aromatic N) is 2. The molecule has 0 saturated carbocycles. The molecule has 2 aromatic heterocycles. The third-order valence-electron chi connectivity index (χ3n) is 8.01. The van der Waals surface area contributed by atoms with Crippen LogP contribution in [0.3, 0.4) is 0 Å². The second-order valence-corrected chi connectivity index (χ2v) is 10.2. The molecule has 0 unspecified atom stereocenters. The summed E-state index contributed by atoms with van der Waals surface area (Å²) in [6.45, 7) is 8.31. The maximum atomic E-state index is 5.10. The summed E-state index contributed by atoms with van der Waals surface area (Å²) < 4.78 is 2.30. The fourth-order valence-electron chi connectivity index (χ4n) is 6.18. The van der Waals surface area contributed by atoms with E-state index in [-0.39, 0.29) is 0 Å². The molecule has 8 rings (SSSR count). The van der Waals surface area contributed by atoms with Gasteiger partial charge in [-0.2, -0.15) is 0 Å². The van der Waals surface area contributed by atoms with E-state index < -0.39 is 0 Å². The molecule has 0 aliphatic carbocycles. The zero-order valence-electron chi connectivity index (χ0n) is 21.4. The number of rotatable bonds is 2. The van der Waals surface area contributed by atoms with E-state index in [1.165, 1.54) is 43.4 Å². The van der Waals surface area contributed by atoms with Crippen molar-refractivity contribution in [1.29, 1.82) is 0 Å². The van der Waals surface area contributed by atoms with Crippen LogP contribution >= 0.6 is 0 Å². The lowest BCUT2D eigenvalue weighted by atomic mass is 9.95. The van der Waals surface area contributed by atoms with Gasteiger partial charge in [0.15, 0.2) is 0 Å². The average Bonchev–Trinajstić information content (AvgIpc) is 3.37. The molecule has 0 aliphatic heterocycles. The smallest absolute Gasteiger partial charge is 0.147 e. The number of benzene rings is 6. The van der Waals surface area contributed by atoms with Gasteiger partial charge in [-0.05, 0) is 78.8 Å². The van der Waals surface area contributed by atoms with Gasteiger partial charge < -0.3 is 0 Å². The van der Waals surface area contributed by atoms with E-state index in [0.29, 0.717) is 0 Å². The molecule has 0 saturated heterocycles. The maximum absolute atomic E-state index is 5.10. The molecule has 0 radical (unpaired) electrons. The van der Waals surface area contributed by atoms with Crippen molar-refractivity contribution in [3.8, 4) is 11.1 Å². The first-order chi connectivity index (χ1) is 19.2. The molecule has 39 heavy (non-hydrogen) atoms. The van der Waals surface area contributed by atoms with Crippen LogP contribution in [-0.2, 0) is 0 Å². The summed E-state index contributed by atoms with van der Waals surface area (Å²) >= 11 is 0. The Morgan fingerprint density at radius 3 is 2.21 bits per heavy atom. The van der Waals surface area contributed by atoms with Crippen LogP contribution in [0.5, 0.6) is 0 Å². The summed E-state index contributed by atoms with van der Waals surface area (Å²) in [5.41, 5.74) is 6.57. The van der Waals surface area contributed by atoms with Gasteiger partial charge >= 0.3 is 0 Å². The first-order valence-corrected chi connectivity index (χ1v) is 13.2. The second kappa shape index (κ2) is 8.14. The normalized spacial score (nSPS) is 12.5. The first kappa shape index (κ1) is 21.8. The highest BCUT2D eigenvalue weighted by molar-refractivity contribution is 6.15. The van der Waals surface area contributed by atoms with Gasteiger partial charge in [-0.3, -0.25) is 4.40 Å². The van der Waals surface area contributed by atoms with Crippen LogP contribution < -0.4 is 10.4 Å². The van der Waals surface area contributed by atoms with E-state index in [4.69, 9.17) is 4.98 Å². The summed E-state index contributed by atoms with van der Waals surface area (Å²) in [6.07, 6.45) is 3.89. The molecule has 0 spiro atoms. The molecule has 0 N–H and O–H groups in total. The zero-order valence-corrected chi connectivity index (χ0v) is 21.4. The molecule has 0 atom stereocenters. The predicted octanol–water partition coefficient (Wildman–Crippen LogP) is 8.14. The van der Waals surface area contributed by atoms with Crippen LogP contribution in [0, 0.1) is 0 Å². The molecule has 8 aromatic rings. The minimum Gasteiger partial charge on any atom is -0.292 e. The van der Waals surface area contributed by atoms with Gasteiger partial charge in [0.25, 0.3) is 0 Å². The largest absolute Gasteiger partial charge is 0.292 e. The lowest BCUT2D eigenvalue weighted by Gasteiger charge is -2.13. The number of aromatic nitrogens is 2. The summed E-state index contributed by atoms with van der Waals surface area (Å²) in [7, 11) is 0. The van der Waals surface area contributed by atoms with Gasteiger partial charge in [-0.25, -0.2) is 4.98 Å². The van der Waals surface area contributed by atoms with Crippen LogP contribution in [0.25, 0.3) is 83.7 Å². The van der Waals surface area contributed by atoms with Crippen molar-refractivity contribution in [2.24, 2.45) is 0 Å². The molecular weight excluding hydrogens is 472 g/mol. The quantitative estimate of drug-likeness (QED) is 0.221. The zero-order chi connectivity index (χ0) is 26.1. The van der Waals surface area contributed by atoms with Crippen molar-refractivity contribution in [3.05, 3.63) is 132 Å². The molecule has 0 fully saturated rings. The molecule has 6 aromatic carbocycles. The Labute approximate surface area is 225 Å². The first-order valence-electron chi connectivity index (χ1n) is 13.2. The number of pyridine rings is 1. The van der Waals surface area contributed by atoms with Crippen LogP contribution in [0.4, 0.5) is 0 Å². The monoisotopic (exact) mass is 496 g/mol. The highest BCUT2D eigenvalue weighted by atomic mass is 15.0. The standard InChI is InChI=1S/C37H24N2/c1-3-8-28-23(2)13-19-30-32-22-27(26-17-16-25-15-14-24-9-4-5-10-29(24)31(25)21-26)18-20-34(32)39-35-12-7-6-11-33(35)38-37(39)36(28)30/h3-22H,1-2H2/b28-8+. The van der Waals surface area contributed by atoms with E-state index in [2.05, 4.69) is 121 Å². The molecule has 2 heterocycles. The van der Waals surface area contributed by atoms with Crippen molar-refractivity contribution in [2.75, 3.05) is 0 Å². The van der Waals surface area contributed by atoms with E-state index in [1.807, 2.05) is 18.2 Å². The Hall–Kier alpha value is -5.21. The molecular formula is C37H24N2. The Kier molecular flexibility index (Phi) is 4.56. The predicted molar refractivity (Wildman–Crippen MR) is 168 cm³/mol. The van der Waals surface area contributed by atoms with Crippen molar-refractivity contribution in [3.63, 3.8) is 0 Å². The Morgan fingerprint density at radius 1 is 0.615 bits per heavy atom. The van der Waals surface area contributed by atoms with Gasteiger partial charge in [0.1, 0.15) is 5.65 Å². The minimum atomic E-state index is 0.947. The number of imidazole rings is 1. The fourth-order valence-corrected chi connectivity index (χ4v) is 6.18. The van der Waals surface area contributed by atoms with E-state index in [1.54, 1.807) is 0 Å². The second-order valence-electron chi connectivity index (χ2n) is 10.2. The number of para-hydroxylation sites is 2. The Bertz CT molecular complexity index is 2430. The third-order valence-corrected chi connectivity index (χ3v) is 8.01. The number of fused-ring (bicyclic) bond motifs is 11. The minimum absolute atomic E-state index is 0.947. The molecule has 0 bridgehead atoms. The van der Waals surface area contributed by atoms with Crippen molar-refractivity contribution in [1.82, 2.24) is 9.38 Å². The molecule has 0 aliphatic rings. The summed E-state index contributed by atoms with van der Waals surface area (Å²) in [4.78, 5) is 5.10. The number of hydrogen-bond acceptors (Lipinski definition) is 1. The summed E-state index contributed by atoms with van der Waals surface area (Å²) in [5.74, 6) is 0. The lowest BCUT2D eigenvalue weighted by Crippen LogP contribution is -2.24. The molecule has 0 amide bonds. The number of hydrogen-bond donors (Lipinski definition) is 0. The maximum Gasteiger partial charge on any atom is 0.147 e. The van der Waals surface area contributed by atoms with Gasteiger partial charge in [-0.1, -0.05) is 104 Å². The SMILES string of the molecule is C=C/C=c1\c(=C)ccc2c3cc(-c4ccc5ccc6ccccc6c5c4)ccc3n3c4ccccc4nc3c12. The fraction of sp³-hybridized carbons (Fsp3) is 0. The summed E-state index contributed by atoms with van der Waals surface area (Å²) in [5, 5.41) is 10.6. The van der Waals surface area contributed by atoms with Gasteiger partial charge in [-0.15, -0.1) is 0 Å². The molecule has 2 heteroatoms. The molecule has 182 valence electrons. The van der Waals surface area contributed by atoms with Gasteiger partial charge in [0.2, 0.25) is 0 Å². The van der Waals surface area contributed by atoms with Crippen molar-refractivity contribution in [2.45, 2.75) is 0 Å². The lowest BCUT2D eigenvalue weighted by molar-refractivity contribution is 1.31. The highest BCUT2D eigenvalue weighted by Crippen LogP contribution is 2.35. The van der Waals surface area contributed by atoms with Crippen molar-refractivity contribution >= 4 is 72.6 Å². The van der Waals surface area contributed by atoms with Gasteiger partial charge in [0.05, 0.1) is 16.6 Å². The topological polar surface area (TPSA) is 17.3 Å². The Balaban J connectivity index is 1.52. The van der Waals surface area contributed by atoms with E-state index in [0.717, 1.165) is 38.0 Å². The number of allylic oxidation sites excluding steroid dienone is 1. The highest BCUT2D eigenvalue weighted by Gasteiger charge is 2.15. The van der Waals surface area contributed by atoms with Crippen LogP contribution in [-0.4, -0.2) is 9.38 Å². The summed E-state index contributed by atoms with van der Waals surface area (Å²) in [6, 6.07) is 39.3. The molecule has 2 nitrogen and oxygen atoms in total. The third kappa shape index (κ3) is 3.12. The van der Waals surface area contributed by atoms with E-state index >= 15 is 0 Å². The van der Waals surface area contributed by atoms with Gasteiger partial charge in [0, 0.05) is 10.8 Å². The Morgan fingerprint density at radius 2 is 1.33 bits per heavy atom. The van der Waals surface area contributed by atoms with Crippen molar-refractivity contribution < 1.29 is 0 Å². The van der Waals surface area contributed by atoms with Crippen LogP contribution in [0.2, 0.25) is 0 Å². The van der Waals surface area contributed by atoms with E-state index in [9.17, 15) is 0 Å². The van der Waals surface area contributed by atoms with Crippen LogP contribution in [0.15, 0.2) is 122 Å². The van der Waals surface area contributed by atoms with Crippen LogP contribution in [0.1, 0.15) is 0 Å². The average molecular weight is 497 g/mol.